The van der Waals surface area contributed by atoms with Gasteiger partial charge >= 0.3 is 5.97 Å². The molecular weight excluding hydrogens is 500 g/mol. The average molecular weight is 541 g/mol. The SMILES string of the molecule is CC(C)[C@H](NC(=O)[C@H](CC(=O)O)NC(=O)C12CC3CC(CC(C3)C1)C2)C(=O)NCC(=O)NCc1ccccc1. The van der Waals surface area contributed by atoms with Crippen molar-refractivity contribution >= 4 is 29.6 Å². The van der Waals surface area contributed by atoms with Gasteiger partial charge in [-0.15, -0.1) is 0 Å². The second-order valence-corrected chi connectivity index (χ2v) is 12.0. The zero-order chi connectivity index (χ0) is 28.2. The molecule has 0 aromatic heterocycles. The Labute approximate surface area is 229 Å². The lowest BCUT2D eigenvalue weighted by atomic mass is 9.49. The monoisotopic (exact) mass is 540 g/mol. The van der Waals surface area contributed by atoms with Crippen LogP contribution in [0.2, 0.25) is 0 Å². The van der Waals surface area contributed by atoms with Gasteiger partial charge in [0.25, 0.3) is 0 Å². The van der Waals surface area contributed by atoms with E-state index in [1.807, 2.05) is 30.3 Å². The van der Waals surface area contributed by atoms with Gasteiger partial charge in [-0.05, 0) is 67.8 Å². The average Bonchev–Trinajstić information content (AvgIpc) is 2.88. The fraction of sp³-hybridized carbons (Fsp3) is 0.621. The molecule has 0 heterocycles. The first-order valence-electron chi connectivity index (χ1n) is 14.0. The Hall–Kier alpha value is -3.43. The maximum Gasteiger partial charge on any atom is 0.305 e. The second kappa shape index (κ2) is 12.2. The van der Waals surface area contributed by atoms with E-state index >= 15 is 0 Å². The van der Waals surface area contributed by atoms with E-state index < -0.39 is 41.7 Å². The highest BCUT2D eigenvalue weighted by Gasteiger charge is 2.55. The minimum Gasteiger partial charge on any atom is -0.481 e. The van der Waals surface area contributed by atoms with Gasteiger partial charge in [-0.1, -0.05) is 44.2 Å². The standard InChI is InChI=1S/C29H40N4O6/c1-17(2)25(27(38)31-16-23(34)30-15-18-6-4-3-5-7-18)33-26(37)22(11-24(35)36)32-28(39)29-12-19-8-20(13-29)10-21(9-19)14-29/h3-7,17,19-22,25H,8-16H2,1-2H3,(H,30,34)(H,31,38)(H,32,39)(H,33,37)(H,35,36)/t19?,20?,21?,22-,25-,29?/m0/s1. The summed E-state index contributed by atoms with van der Waals surface area (Å²) < 4.78 is 0. The highest BCUT2D eigenvalue weighted by Crippen LogP contribution is 2.60. The summed E-state index contributed by atoms with van der Waals surface area (Å²) >= 11 is 0. The molecule has 1 aromatic rings. The van der Waals surface area contributed by atoms with E-state index in [-0.39, 0.29) is 24.3 Å². The zero-order valence-corrected chi connectivity index (χ0v) is 22.7. The van der Waals surface area contributed by atoms with Crippen LogP contribution >= 0.6 is 0 Å². The molecule has 4 amide bonds. The number of carbonyl (C=O) groups is 5. The van der Waals surface area contributed by atoms with E-state index in [1.165, 1.54) is 0 Å². The summed E-state index contributed by atoms with van der Waals surface area (Å²) in [5.74, 6) is -1.91. The number of aliphatic carboxylic acids is 1. The third-order valence-electron chi connectivity index (χ3n) is 8.52. The van der Waals surface area contributed by atoms with Gasteiger partial charge < -0.3 is 26.4 Å². The topological polar surface area (TPSA) is 154 Å². The van der Waals surface area contributed by atoms with Crippen LogP contribution in [0.15, 0.2) is 30.3 Å². The summed E-state index contributed by atoms with van der Waals surface area (Å²) in [6.07, 6.45) is 5.24. The molecule has 4 bridgehead atoms. The smallest absolute Gasteiger partial charge is 0.305 e. The Morgan fingerprint density at radius 3 is 2.00 bits per heavy atom. The molecule has 0 spiro atoms. The summed E-state index contributed by atoms with van der Waals surface area (Å²) in [5, 5.41) is 20.1. The van der Waals surface area contributed by atoms with E-state index in [1.54, 1.807) is 13.8 Å². The van der Waals surface area contributed by atoms with Gasteiger partial charge in [-0.2, -0.15) is 0 Å². The normalized spacial score (nSPS) is 26.4. The lowest BCUT2D eigenvalue weighted by Gasteiger charge is -2.55. The summed E-state index contributed by atoms with van der Waals surface area (Å²) in [4.78, 5) is 63.4. The third-order valence-corrected chi connectivity index (χ3v) is 8.52. The first-order chi connectivity index (χ1) is 18.5. The summed E-state index contributed by atoms with van der Waals surface area (Å²) in [6.45, 7) is 3.52. The van der Waals surface area contributed by atoms with Crippen molar-refractivity contribution in [1.29, 1.82) is 0 Å². The van der Waals surface area contributed by atoms with E-state index in [0.717, 1.165) is 44.1 Å². The number of hydrogen-bond acceptors (Lipinski definition) is 5. The van der Waals surface area contributed by atoms with Crippen LogP contribution in [0.4, 0.5) is 0 Å². The maximum atomic E-state index is 13.5. The number of hydrogen-bond donors (Lipinski definition) is 5. The van der Waals surface area contributed by atoms with E-state index in [0.29, 0.717) is 24.3 Å². The summed E-state index contributed by atoms with van der Waals surface area (Å²) in [6, 6.07) is 7.04. The largest absolute Gasteiger partial charge is 0.481 e. The fourth-order valence-corrected chi connectivity index (χ4v) is 7.01. The van der Waals surface area contributed by atoms with Crippen molar-refractivity contribution < 1.29 is 29.1 Å². The van der Waals surface area contributed by atoms with Gasteiger partial charge in [-0.25, -0.2) is 0 Å². The quantitative estimate of drug-likeness (QED) is 0.272. The fourth-order valence-electron chi connectivity index (χ4n) is 7.01. The van der Waals surface area contributed by atoms with Gasteiger partial charge in [-0.3, -0.25) is 24.0 Å². The highest BCUT2D eigenvalue weighted by molar-refractivity contribution is 5.96. The van der Waals surface area contributed by atoms with Crippen molar-refractivity contribution in [3.05, 3.63) is 35.9 Å². The number of carboxylic acid groups (broad SMARTS) is 1. The number of carboxylic acids is 1. The minimum atomic E-state index is -1.30. The molecule has 4 saturated carbocycles. The van der Waals surface area contributed by atoms with E-state index in [4.69, 9.17) is 0 Å². The predicted octanol–water partition coefficient (Wildman–Crippen LogP) is 1.74. The molecule has 212 valence electrons. The van der Waals surface area contributed by atoms with Gasteiger partial charge in [0.05, 0.1) is 13.0 Å². The number of carbonyl (C=O) groups excluding carboxylic acids is 4. The van der Waals surface area contributed by atoms with Crippen molar-refractivity contribution in [3.63, 3.8) is 0 Å². The molecule has 1 aromatic carbocycles. The van der Waals surface area contributed by atoms with Crippen LogP contribution in [0.3, 0.4) is 0 Å². The van der Waals surface area contributed by atoms with Crippen LogP contribution in [0, 0.1) is 29.1 Å². The minimum absolute atomic E-state index is 0.247. The molecule has 4 aliphatic carbocycles. The Balaban J connectivity index is 1.33. The lowest BCUT2D eigenvalue weighted by Crippen LogP contribution is -2.60. The zero-order valence-electron chi connectivity index (χ0n) is 22.7. The van der Waals surface area contributed by atoms with Crippen molar-refractivity contribution in [2.24, 2.45) is 29.1 Å². The number of nitrogens with one attached hydrogen (secondary N) is 4. The van der Waals surface area contributed by atoms with Crippen molar-refractivity contribution in [2.75, 3.05) is 6.54 Å². The Morgan fingerprint density at radius 1 is 0.872 bits per heavy atom. The summed E-state index contributed by atoms with van der Waals surface area (Å²) in [5.41, 5.74) is 0.387. The van der Waals surface area contributed by atoms with Crippen LogP contribution in [-0.4, -0.2) is 53.3 Å². The van der Waals surface area contributed by atoms with Crippen LogP contribution in [0.25, 0.3) is 0 Å². The molecule has 10 nitrogen and oxygen atoms in total. The molecule has 0 aliphatic heterocycles. The van der Waals surface area contributed by atoms with Crippen molar-refractivity contribution in [1.82, 2.24) is 21.3 Å². The molecule has 39 heavy (non-hydrogen) atoms. The van der Waals surface area contributed by atoms with E-state index in [9.17, 15) is 29.1 Å². The number of amides is 4. The van der Waals surface area contributed by atoms with Gasteiger partial charge in [0, 0.05) is 12.0 Å². The molecule has 0 unspecified atom stereocenters. The molecule has 4 aliphatic rings. The molecule has 5 N–H and O–H groups in total. The molecule has 10 heteroatoms. The molecule has 0 radical (unpaired) electrons. The highest BCUT2D eigenvalue weighted by atomic mass is 16.4. The second-order valence-electron chi connectivity index (χ2n) is 12.0. The maximum absolute atomic E-state index is 13.5. The lowest BCUT2D eigenvalue weighted by molar-refractivity contribution is -0.150. The van der Waals surface area contributed by atoms with Gasteiger partial charge in [0.2, 0.25) is 23.6 Å². The third kappa shape index (κ3) is 7.16. The van der Waals surface area contributed by atoms with Gasteiger partial charge in [0.1, 0.15) is 12.1 Å². The van der Waals surface area contributed by atoms with Gasteiger partial charge in [0.15, 0.2) is 0 Å². The van der Waals surface area contributed by atoms with Crippen molar-refractivity contribution in [2.45, 2.75) is 77.4 Å². The van der Waals surface area contributed by atoms with E-state index in [2.05, 4.69) is 21.3 Å². The van der Waals surface area contributed by atoms with Crippen LogP contribution in [-0.2, 0) is 30.5 Å². The Bertz CT molecular complexity index is 1050. The number of rotatable bonds is 12. The molecule has 0 saturated heterocycles. The Morgan fingerprint density at radius 2 is 1.46 bits per heavy atom. The predicted molar refractivity (Wildman–Crippen MR) is 143 cm³/mol. The molecule has 4 fully saturated rings. The first kappa shape index (κ1) is 28.6. The molecule has 5 rings (SSSR count). The Kier molecular flexibility index (Phi) is 8.92. The van der Waals surface area contributed by atoms with Crippen LogP contribution in [0.1, 0.15) is 64.4 Å². The molecule has 2 atom stereocenters. The summed E-state index contributed by atoms with van der Waals surface area (Å²) in [7, 11) is 0. The van der Waals surface area contributed by atoms with Crippen molar-refractivity contribution in [3.8, 4) is 0 Å². The number of benzene rings is 1. The van der Waals surface area contributed by atoms with Crippen LogP contribution in [0.5, 0.6) is 0 Å². The molecular formula is C29H40N4O6. The first-order valence-corrected chi connectivity index (χ1v) is 14.0. The van der Waals surface area contributed by atoms with Crippen LogP contribution < -0.4 is 21.3 Å².